The topological polar surface area (TPSA) is 32.3 Å². The quantitative estimate of drug-likeness (QED) is 0.807. The number of likely N-dealkylation sites (N-methyl/N-ethyl adjacent to an activating group) is 1. The number of benzene rings is 1. The minimum Gasteiger partial charge on any atom is -0.303 e. The molecule has 2 aromatic rings. The van der Waals surface area contributed by atoms with E-state index in [2.05, 4.69) is 60.3 Å². The summed E-state index contributed by atoms with van der Waals surface area (Å²) >= 11 is 0. The fraction of sp³-hybridized carbons (Fsp3) is 0.565. The first-order valence-electron chi connectivity index (χ1n) is 10.5. The van der Waals surface area contributed by atoms with Crippen molar-refractivity contribution in [1.82, 2.24) is 19.8 Å². The fourth-order valence-corrected chi connectivity index (χ4v) is 4.41. The Balaban J connectivity index is 1.28. The van der Waals surface area contributed by atoms with Gasteiger partial charge in [0.05, 0.1) is 0 Å². The van der Waals surface area contributed by atoms with Crippen molar-refractivity contribution in [2.24, 2.45) is 0 Å². The third kappa shape index (κ3) is 4.56. The van der Waals surface area contributed by atoms with Gasteiger partial charge in [0.15, 0.2) is 0 Å². The molecule has 4 heteroatoms. The molecule has 0 radical (unpaired) electrons. The third-order valence-corrected chi connectivity index (χ3v) is 6.34. The number of likely N-dealkylation sites (tertiary alicyclic amines) is 1. The standard InChI is InChI=1S/C23H32N4/c1-18(19-6-4-3-5-7-19)8-13-27-14-9-20(10-15-27)23-24-16-21-17-26(2)12-11-22(21)25-23/h3-7,16,18,20H,8-15,17H2,1-2H3/t18-/m0/s1. The molecule has 0 saturated carbocycles. The van der Waals surface area contributed by atoms with Gasteiger partial charge < -0.3 is 9.80 Å². The average molecular weight is 365 g/mol. The van der Waals surface area contributed by atoms with E-state index in [4.69, 9.17) is 9.97 Å². The van der Waals surface area contributed by atoms with Crippen LogP contribution in [0.1, 0.15) is 60.7 Å². The summed E-state index contributed by atoms with van der Waals surface area (Å²) in [7, 11) is 2.17. The summed E-state index contributed by atoms with van der Waals surface area (Å²) in [6.45, 7) is 8.00. The molecular weight excluding hydrogens is 332 g/mol. The van der Waals surface area contributed by atoms with Crippen LogP contribution in [-0.4, -0.2) is 53.0 Å². The van der Waals surface area contributed by atoms with Crippen molar-refractivity contribution in [3.05, 3.63) is 59.2 Å². The number of hydrogen-bond donors (Lipinski definition) is 0. The lowest BCUT2D eigenvalue weighted by atomic mass is 9.93. The largest absolute Gasteiger partial charge is 0.303 e. The van der Waals surface area contributed by atoms with E-state index in [1.54, 1.807) is 0 Å². The van der Waals surface area contributed by atoms with Gasteiger partial charge in [-0.05, 0) is 57.4 Å². The average Bonchev–Trinajstić information content (AvgIpc) is 2.72. The lowest BCUT2D eigenvalue weighted by molar-refractivity contribution is 0.203. The molecular formula is C23H32N4. The normalized spacial score (nSPS) is 20.4. The Morgan fingerprint density at radius 2 is 1.89 bits per heavy atom. The highest BCUT2D eigenvalue weighted by Crippen LogP contribution is 2.28. The zero-order valence-corrected chi connectivity index (χ0v) is 16.8. The van der Waals surface area contributed by atoms with E-state index in [0.717, 1.165) is 25.3 Å². The number of rotatable bonds is 5. The Labute approximate surface area is 163 Å². The first kappa shape index (κ1) is 18.6. The van der Waals surface area contributed by atoms with Crippen molar-refractivity contribution in [1.29, 1.82) is 0 Å². The van der Waals surface area contributed by atoms with Gasteiger partial charge in [-0.2, -0.15) is 0 Å². The van der Waals surface area contributed by atoms with Crippen LogP contribution < -0.4 is 0 Å². The summed E-state index contributed by atoms with van der Waals surface area (Å²) in [5.74, 6) is 2.26. The molecule has 0 amide bonds. The second kappa shape index (κ2) is 8.49. The van der Waals surface area contributed by atoms with E-state index in [0.29, 0.717) is 11.8 Å². The zero-order valence-electron chi connectivity index (χ0n) is 16.8. The van der Waals surface area contributed by atoms with Crippen molar-refractivity contribution < 1.29 is 0 Å². The molecule has 1 saturated heterocycles. The molecule has 1 fully saturated rings. The monoisotopic (exact) mass is 364 g/mol. The highest BCUT2D eigenvalue weighted by Gasteiger charge is 2.24. The third-order valence-electron chi connectivity index (χ3n) is 6.34. The Hall–Kier alpha value is -1.78. The molecule has 1 atom stereocenters. The summed E-state index contributed by atoms with van der Waals surface area (Å²) in [6.07, 6.45) is 6.77. The van der Waals surface area contributed by atoms with E-state index < -0.39 is 0 Å². The summed E-state index contributed by atoms with van der Waals surface area (Å²) in [4.78, 5) is 14.7. The molecule has 27 heavy (non-hydrogen) atoms. The molecule has 1 aromatic carbocycles. The Kier molecular flexibility index (Phi) is 5.84. The maximum Gasteiger partial charge on any atom is 0.131 e. The maximum atomic E-state index is 4.95. The van der Waals surface area contributed by atoms with Crippen molar-refractivity contribution in [2.75, 3.05) is 33.2 Å². The Morgan fingerprint density at radius 3 is 2.67 bits per heavy atom. The zero-order chi connectivity index (χ0) is 18.6. The lowest BCUT2D eigenvalue weighted by Gasteiger charge is -2.32. The fourth-order valence-electron chi connectivity index (χ4n) is 4.41. The summed E-state index contributed by atoms with van der Waals surface area (Å²) in [6, 6.07) is 10.9. The van der Waals surface area contributed by atoms with Gasteiger partial charge in [0, 0.05) is 42.9 Å². The summed E-state index contributed by atoms with van der Waals surface area (Å²) in [5, 5.41) is 0. The smallest absolute Gasteiger partial charge is 0.131 e. The van der Waals surface area contributed by atoms with Crippen molar-refractivity contribution in [2.45, 2.75) is 51.0 Å². The molecule has 1 aromatic heterocycles. The molecule has 0 spiro atoms. The molecule has 4 nitrogen and oxygen atoms in total. The molecule has 0 unspecified atom stereocenters. The van der Waals surface area contributed by atoms with E-state index in [-0.39, 0.29) is 0 Å². The van der Waals surface area contributed by atoms with Gasteiger partial charge in [-0.25, -0.2) is 9.97 Å². The Morgan fingerprint density at radius 1 is 1.11 bits per heavy atom. The predicted molar refractivity (Wildman–Crippen MR) is 110 cm³/mol. The van der Waals surface area contributed by atoms with E-state index in [1.165, 1.54) is 55.7 Å². The van der Waals surface area contributed by atoms with Gasteiger partial charge >= 0.3 is 0 Å². The summed E-state index contributed by atoms with van der Waals surface area (Å²) in [5.41, 5.74) is 4.07. The molecule has 0 N–H and O–H groups in total. The van der Waals surface area contributed by atoms with Crippen molar-refractivity contribution in [3.63, 3.8) is 0 Å². The number of fused-ring (bicyclic) bond motifs is 1. The van der Waals surface area contributed by atoms with Crippen LogP contribution in [0.5, 0.6) is 0 Å². The highest BCUT2D eigenvalue weighted by atomic mass is 15.1. The SMILES string of the molecule is C[C@@H](CCN1CCC(c2ncc3c(n2)CCN(C)C3)CC1)c1ccccc1. The van der Waals surface area contributed by atoms with Gasteiger partial charge in [0.1, 0.15) is 5.82 Å². The number of hydrogen-bond acceptors (Lipinski definition) is 4. The van der Waals surface area contributed by atoms with Crippen LogP contribution in [0.15, 0.2) is 36.5 Å². The maximum absolute atomic E-state index is 4.95. The number of aromatic nitrogens is 2. The second-order valence-corrected chi connectivity index (χ2v) is 8.40. The van der Waals surface area contributed by atoms with Gasteiger partial charge in [-0.15, -0.1) is 0 Å². The summed E-state index contributed by atoms with van der Waals surface area (Å²) < 4.78 is 0. The van der Waals surface area contributed by atoms with Gasteiger partial charge in [0.2, 0.25) is 0 Å². The second-order valence-electron chi connectivity index (χ2n) is 8.40. The van der Waals surface area contributed by atoms with Crippen molar-refractivity contribution >= 4 is 0 Å². The van der Waals surface area contributed by atoms with Crippen LogP contribution in [0, 0.1) is 0 Å². The lowest BCUT2D eigenvalue weighted by Crippen LogP contribution is -2.35. The number of piperidine rings is 1. The van der Waals surface area contributed by atoms with Crippen LogP contribution in [0.4, 0.5) is 0 Å². The first-order chi connectivity index (χ1) is 13.2. The van der Waals surface area contributed by atoms with Gasteiger partial charge in [0.25, 0.3) is 0 Å². The molecule has 0 aliphatic carbocycles. The van der Waals surface area contributed by atoms with Crippen LogP contribution in [0.2, 0.25) is 0 Å². The molecule has 2 aliphatic heterocycles. The van der Waals surface area contributed by atoms with E-state index >= 15 is 0 Å². The van der Waals surface area contributed by atoms with Crippen LogP contribution in [0.3, 0.4) is 0 Å². The number of nitrogens with zero attached hydrogens (tertiary/aromatic N) is 4. The highest BCUT2D eigenvalue weighted by molar-refractivity contribution is 5.21. The molecule has 0 bridgehead atoms. The molecule has 3 heterocycles. The molecule has 144 valence electrons. The minimum absolute atomic E-state index is 0.540. The first-order valence-corrected chi connectivity index (χ1v) is 10.5. The molecule has 2 aliphatic rings. The van der Waals surface area contributed by atoms with Crippen LogP contribution in [0.25, 0.3) is 0 Å². The van der Waals surface area contributed by atoms with Gasteiger partial charge in [-0.3, -0.25) is 0 Å². The predicted octanol–water partition coefficient (Wildman–Crippen LogP) is 3.84. The van der Waals surface area contributed by atoms with Gasteiger partial charge in [-0.1, -0.05) is 37.3 Å². The molecule has 4 rings (SSSR count). The van der Waals surface area contributed by atoms with Crippen LogP contribution in [-0.2, 0) is 13.0 Å². The minimum atomic E-state index is 0.540. The van der Waals surface area contributed by atoms with Crippen LogP contribution >= 0.6 is 0 Å². The van der Waals surface area contributed by atoms with E-state index in [1.807, 2.05) is 0 Å². The van der Waals surface area contributed by atoms with E-state index in [9.17, 15) is 0 Å². The Bertz CT molecular complexity index is 737. The van der Waals surface area contributed by atoms with Crippen molar-refractivity contribution in [3.8, 4) is 0 Å².